The Bertz CT molecular complexity index is 304. The van der Waals surface area contributed by atoms with Crippen LogP contribution in [0, 0.1) is 5.92 Å². The number of hydrogen-bond donors (Lipinski definition) is 1. The molecule has 0 spiro atoms. The van der Waals surface area contributed by atoms with Gasteiger partial charge in [0.05, 0.1) is 14.0 Å². The maximum Gasteiger partial charge on any atom is 0.388 e. The van der Waals surface area contributed by atoms with Crippen molar-refractivity contribution in [3.8, 4) is 0 Å². The van der Waals surface area contributed by atoms with Crippen LogP contribution < -0.4 is 0 Å². The molecule has 0 radical (unpaired) electrons. The molecule has 3 unspecified atom stereocenters. The molecule has 0 aromatic rings. The summed E-state index contributed by atoms with van der Waals surface area (Å²) in [6.07, 6.45) is 0.186. The molecule has 0 aromatic carbocycles. The number of ether oxygens (including phenoxy) is 1. The SMILES string of the molecule is CC(C)C(S)CCC1([SiH](C)CCC(F)(F)F)CCCCO1. The van der Waals surface area contributed by atoms with Crippen molar-refractivity contribution in [2.75, 3.05) is 6.61 Å². The van der Waals surface area contributed by atoms with Gasteiger partial charge in [-0.1, -0.05) is 20.4 Å². The quantitative estimate of drug-likeness (QED) is 0.505. The highest BCUT2D eigenvalue weighted by Crippen LogP contribution is 2.37. The van der Waals surface area contributed by atoms with Gasteiger partial charge in [0, 0.05) is 18.3 Å². The van der Waals surface area contributed by atoms with Crippen molar-refractivity contribution in [2.24, 2.45) is 5.92 Å². The summed E-state index contributed by atoms with van der Waals surface area (Å²) in [5, 5.41) is 0.0653. The summed E-state index contributed by atoms with van der Waals surface area (Å²) in [6.45, 7) is 7.04. The van der Waals surface area contributed by atoms with E-state index in [1.807, 2.05) is 0 Å². The molecule has 126 valence electrons. The largest absolute Gasteiger partial charge is 0.388 e. The van der Waals surface area contributed by atoms with E-state index >= 15 is 0 Å². The first kappa shape index (κ1) is 19.4. The molecule has 1 nitrogen and oxygen atoms in total. The van der Waals surface area contributed by atoms with E-state index in [2.05, 4.69) is 33.0 Å². The van der Waals surface area contributed by atoms with Crippen LogP contribution in [0.2, 0.25) is 12.6 Å². The number of halogens is 3. The number of rotatable bonds is 7. The van der Waals surface area contributed by atoms with Crippen LogP contribution in [0.25, 0.3) is 0 Å². The Labute approximate surface area is 134 Å². The molecular formula is C15H29F3OSSi. The van der Waals surface area contributed by atoms with Crippen molar-refractivity contribution in [1.82, 2.24) is 0 Å². The molecule has 1 rings (SSSR count). The van der Waals surface area contributed by atoms with Crippen molar-refractivity contribution in [3.63, 3.8) is 0 Å². The molecule has 0 amide bonds. The van der Waals surface area contributed by atoms with Crippen LogP contribution >= 0.6 is 12.6 Å². The van der Waals surface area contributed by atoms with Crippen molar-refractivity contribution < 1.29 is 17.9 Å². The summed E-state index contributed by atoms with van der Waals surface area (Å²) >= 11 is 4.61. The lowest BCUT2D eigenvalue weighted by Crippen LogP contribution is -2.49. The highest BCUT2D eigenvalue weighted by molar-refractivity contribution is 7.81. The van der Waals surface area contributed by atoms with Crippen molar-refractivity contribution in [1.29, 1.82) is 0 Å². The van der Waals surface area contributed by atoms with Crippen LogP contribution in [0.5, 0.6) is 0 Å². The first-order valence-corrected chi connectivity index (χ1v) is 11.1. The monoisotopic (exact) mass is 342 g/mol. The van der Waals surface area contributed by atoms with E-state index in [0.717, 1.165) is 32.1 Å². The average Bonchev–Trinajstić information content (AvgIpc) is 2.42. The number of thiol groups is 1. The zero-order valence-electron chi connectivity index (χ0n) is 13.4. The summed E-state index contributed by atoms with van der Waals surface area (Å²) in [5.74, 6) is 0.487. The van der Waals surface area contributed by atoms with Gasteiger partial charge < -0.3 is 4.74 Å². The van der Waals surface area contributed by atoms with Crippen LogP contribution in [-0.4, -0.2) is 32.1 Å². The maximum atomic E-state index is 12.5. The highest BCUT2D eigenvalue weighted by Gasteiger charge is 2.41. The van der Waals surface area contributed by atoms with Crippen molar-refractivity contribution in [3.05, 3.63) is 0 Å². The third-order valence-corrected chi connectivity index (χ3v) is 9.32. The summed E-state index contributed by atoms with van der Waals surface area (Å²) in [6, 6.07) is 0.294. The zero-order chi connectivity index (χ0) is 16.1. The van der Waals surface area contributed by atoms with Gasteiger partial charge in [0.15, 0.2) is 0 Å². The summed E-state index contributed by atoms with van der Waals surface area (Å²) in [4.78, 5) is 0. The lowest BCUT2D eigenvalue weighted by atomic mass is 9.99. The van der Waals surface area contributed by atoms with Gasteiger partial charge in [-0.25, -0.2) is 0 Å². The van der Waals surface area contributed by atoms with Gasteiger partial charge in [-0.2, -0.15) is 25.8 Å². The van der Waals surface area contributed by atoms with Crippen LogP contribution in [0.3, 0.4) is 0 Å². The van der Waals surface area contributed by atoms with Gasteiger partial charge in [-0.15, -0.1) is 0 Å². The molecule has 1 fully saturated rings. The van der Waals surface area contributed by atoms with E-state index in [1.165, 1.54) is 0 Å². The van der Waals surface area contributed by atoms with Crippen LogP contribution in [0.4, 0.5) is 13.2 Å². The van der Waals surface area contributed by atoms with Crippen molar-refractivity contribution >= 4 is 21.4 Å². The van der Waals surface area contributed by atoms with E-state index in [9.17, 15) is 13.2 Å². The molecule has 0 N–H and O–H groups in total. The number of hydrogen-bond acceptors (Lipinski definition) is 2. The fourth-order valence-electron chi connectivity index (χ4n) is 3.07. The van der Waals surface area contributed by atoms with Gasteiger partial charge >= 0.3 is 6.18 Å². The van der Waals surface area contributed by atoms with Gasteiger partial charge in [0.25, 0.3) is 0 Å². The molecule has 0 aromatic heterocycles. The van der Waals surface area contributed by atoms with Gasteiger partial charge in [-0.05, 0) is 44.1 Å². The first-order chi connectivity index (χ1) is 9.66. The lowest BCUT2D eigenvalue weighted by molar-refractivity contribution is -0.131. The topological polar surface area (TPSA) is 9.23 Å². The van der Waals surface area contributed by atoms with Gasteiger partial charge in [0.2, 0.25) is 0 Å². The second-order valence-corrected chi connectivity index (χ2v) is 10.9. The second kappa shape index (κ2) is 8.25. The zero-order valence-corrected chi connectivity index (χ0v) is 15.4. The molecule has 21 heavy (non-hydrogen) atoms. The fraction of sp³-hybridized carbons (Fsp3) is 1.00. The molecule has 6 heteroatoms. The van der Waals surface area contributed by atoms with E-state index in [0.29, 0.717) is 23.8 Å². The minimum atomic E-state index is -4.04. The van der Waals surface area contributed by atoms with Crippen molar-refractivity contribution in [2.45, 2.75) is 81.6 Å². The molecule has 3 atom stereocenters. The predicted octanol–water partition coefficient (Wildman–Crippen LogP) is 5.01. The Hall–Kier alpha value is 0.317. The molecular weight excluding hydrogens is 313 g/mol. The Morgan fingerprint density at radius 3 is 2.43 bits per heavy atom. The first-order valence-electron chi connectivity index (χ1n) is 8.05. The standard InChI is InChI=1S/C15H29F3OSSi/c1-12(2)13(20)6-8-14(7-4-5-10-19-14)21(3)11-9-15(16,17)18/h12-13,20-21H,4-11H2,1-3H3. The predicted molar refractivity (Wildman–Crippen MR) is 87.9 cm³/mol. The summed E-state index contributed by atoms with van der Waals surface area (Å²) in [5.41, 5.74) is 0. The molecule has 1 heterocycles. The molecule has 1 saturated heterocycles. The minimum absolute atomic E-state index is 0.237. The molecule has 1 aliphatic rings. The molecule has 0 saturated carbocycles. The average molecular weight is 343 g/mol. The molecule has 1 aliphatic heterocycles. The van der Waals surface area contributed by atoms with Crippen LogP contribution in [0.15, 0.2) is 0 Å². The highest BCUT2D eigenvalue weighted by atomic mass is 32.1. The smallest absolute Gasteiger partial charge is 0.379 e. The molecule has 0 bridgehead atoms. The maximum absolute atomic E-state index is 12.5. The Balaban J connectivity index is 2.64. The van der Waals surface area contributed by atoms with Crippen LogP contribution in [-0.2, 0) is 4.74 Å². The summed E-state index contributed by atoms with van der Waals surface area (Å²) in [7, 11) is -1.59. The van der Waals surface area contributed by atoms with E-state index in [4.69, 9.17) is 4.74 Å². The molecule has 0 aliphatic carbocycles. The number of alkyl halides is 3. The van der Waals surface area contributed by atoms with Gasteiger partial charge in [-0.3, -0.25) is 0 Å². The minimum Gasteiger partial charge on any atom is -0.379 e. The fourth-order valence-corrected chi connectivity index (χ4v) is 6.25. The van der Waals surface area contributed by atoms with Gasteiger partial charge in [0.1, 0.15) is 0 Å². The lowest BCUT2D eigenvalue weighted by Gasteiger charge is -2.42. The Morgan fingerprint density at radius 2 is 1.95 bits per heavy atom. The second-order valence-electron chi connectivity index (χ2n) is 6.78. The third kappa shape index (κ3) is 6.53. The van der Waals surface area contributed by atoms with E-state index < -0.39 is 21.4 Å². The Morgan fingerprint density at radius 1 is 1.29 bits per heavy atom. The van der Waals surface area contributed by atoms with Crippen LogP contribution in [0.1, 0.15) is 52.4 Å². The third-order valence-electron chi connectivity index (χ3n) is 4.78. The Kier molecular flexibility index (Phi) is 7.61. The summed E-state index contributed by atoms with van der Waals surface area (Å²) < 4.78 is 43.6. The van der Waals surface area contributed by atoms with E-state index in [1.54, 1.807) is 0 Å². The van der Waals surface area contributed by atoms with E-state index in [-0.39, 0.29) is 5.22 Å². The normalized spacial score (nSPS) is 26.9.